The van der Waals surface area contributed by atoms with Crippen molar-refractivity contribution in [2.24, 2.45) is 0 Å². The molecule has 0 heterocycles. The van der Waals surface area contributed by atoms with Gasteiger partial charge in [0, 0.05) is 18.0 Å². The van der Waals surface area contributed by atoms with Crippen molar-refractivity contribution in [2.75, 3.05) is 13.1 Å². The van der Waals surface area contributed by atoms with E-state index in [0.717, 1.165) is 6.42 Å². The van der Waals surface area contributed by atoms with Crippen molar-refractivity contribution in [3.8, 4) is 0 Å². The molecule has 2 rings (SSSR count). The molecule has 23 heavy (non-hydrogen) atoms. The molecule has 0 bridgehead atoms. The molecule has 1 atom stereocenters. The number of hydrogen-bond donors (Lipinski definition) is 2. The zero-order chi connectivity index (χ0) is 16.5. The van der Waals surface area contributed by atoms with Gasteiger partial charge in [-0.1, -0.05) is 55.5 Å². The summed E-state index contributed by atoms with van der Waals surface area (Å²) < 4.78 is 0. The monoisotopic (exact) mass is 310 g/mol. The maximum atomic E-state index is 11.9. The topological polar surface area (TPSA) is 58.2 Å². The summed E-state index contributed by atoms with van der Waals surface area (Å²) in [6.07, 6.45) is 0.945. The molecule has 120 valence electrons. The van der Waals surface area contributed by atoms with Gasteiger partial charge in [0.25, 0.3) is 5.91 Å². The van der Waals surface area contributed by atoms with Gasteiger partial charge < -0.3 is 10.6 Å². The quantitative estimate of drug-likeness (QED) is 0.826. The van der Waals surface area contributed by atoms with Gasteiger partial charge in [0.15, 0.2) is 0 Å². The number of nitrogens with one attached hydrogen (secondary N) is 2. The molecule has 0 aliphatic carbocycles. The van der Waals surface area contributed by atoms with Gasteiger partial charge in [0.05, 0.1) is 6.54 Å². The minimum Gasteiger partial charge on any atom is -0.354 e. The smallest absolute Gasteiger partial charge is 0.251 e. The van der Waals surface area contributed by atoms with Gasteiger partial charge in [-0.3, -0.25) is 9.59 Å². The summed E-state index contributed by atoms with van der Waals surface area (Å²) in [6, 6.07) is 19.0. The van der Waals surface area contributed by atoms with Gasteiger partial charge in [-0.05, 0) is 24.1 Å². The summed E-state index contributed by atoms with van der Waals surface area (Å²) in [7, 11) is 0. The first-order valence-corrected chi connectivity index (χ1v) is 7.85. The molecule has 4 heteroatoms. The molecular weight excluding hydrogens is 288 g/mol. The van der Waals surface area contributed by atoms with Crippen molar-refractivity contribution >= 4 is 11.8 Å². The van der Waals surface area contributed by atoms with E-state index in [1.165, 1.54) is 5.56 Å². The summed E-state index contributed by atoms with van der Waals surface area (Å²) >= 11 is 0. The third kappa shape index (κ3) is 5.25. The van der Waals surface area contributed by atoms with Gasteiger partial charge in [-0.15, -0.1) is 0 Å². The van der Waals surface area contributed by atoms with Gasteiger partial charge in [0.1, 0.15) is 0 Å². The minimum atomic E-state index is -0.240. The minimum absolute atomic E-state index is 0.0149. The predicted molar refractivity (Wildman–Crippen MR) is 91.3 cm³/mol. The van der Waals surface area contributed by atoms with Crippen LogP contribution >= 0.6 is 0 Å². The van der Waals surface area contributed by atoms with Crippen molar-refractivity contribution in [1.29, 1.82) is 0 Å². The number of rotatable bonds is 7. The van der Waals surface area contributed by atoms with E-state index in [1.807, 2.05) is 24.3 Å². The average molecular weight is 310 g/mol. The predicted octanol–water partition coefficient (Wildman–Crippen LogP) is 2.73. The number of carbonyl (C=O) groups is 2. The Bertz CT molecular complexity index is 626. The lowest BCUT2D eigenvalue weighted by atomic mass is 9.96. The molecular formula is C19H22N2O2. The van der Waals surface area contributed by atoms with Crippen LogP contribution in [0.15, 0.2) is 60.7 Å². The Hall–Kier alpha value is -2.62. The van der Waals surface area contributed by atoms with Crippen LogP contribution in [0.2, 0.25) is 0 Å². The van der Waals surface area contributed by atoms with Gasteiger partial charge >= 0.3 is 0 Å². The highest BCUT2D eigenvalue weighted by atomic mass is 16.2. The highest BCUT2D eigenvalue weighted by molar-refractivity contribution is 5.96. The van der Waals surface area contributed by atoms with E-state index in [0.29, 0.717) is 12.1 Å². The zero-order valence-corrected chi connectivity index (χ0v) is 13.3. The Morgan fingerprint density at radius 2 is 1.52 bits per heavy atom. The highest BCUT2D eigenvalue weighted by Crippen LogP contribution is 2.17. The Kier molecular flexibility index (Phi) is 6.36. The first kappa shape index (κ1) is 16.7. The van der Waals surface area contributed by atoms with Crippen LogP contribution in [0.25, 0.3) is 0 Å². The number of carbonyl (C=O) groups excluding carboxylic acids is 2. The van der Waals surface area contributed by atoms with E-state index >= 15 is 0 Å². The van der Waals surface area contributed by atoms with E-state index in [4.69, 9.17) is 0 Å². The largest absolute Gasteiger partial charge is 0.354 e. The van der Waals surface area contributed by atoms with E-state index in [2.05, 4.69) is 29.7 Å². The molecule has 2 aromatic rings. The van der Waals surface area contributed by atoms with Crippen LogP contribution in [0.1, 0.15) is 35.2 Å². The first-order valence-electron chi connectivity index (χ1n) is 7.85. The maximum absolute atomic E-state index is 11.9. The molecule has 0 radical (unpaired) electrons. The normalized spacial score (nSPS) is 11.5. The Morgan fingerprint density at radius 3 is 2.13 bits per heavy atom. The van der Waals surface area contributed by atoms with Gasteiger partial charge in [-0.2, -0.15) is 0 Å². The second-order valence-electron chi connectivity index (χ2n) is 5.37. The molecule has 2 N–H and O–H groups in total. The zero-order valence-electron chi connectivity index (χ0n) is 13.3. The molecule has 2 amide bonds. The van der Waals surface area contributed by atoms with Crippen LogP contribution in [-0.2, 0) is 4.79 Å². The third-order valence-electron chi connectivity index (χ3n) is 3.75. The lowest BCUT2D eigenvalue weighted by Gasteiger charge is -2.16. The molecule has 4 nitrogen and oxygen atoms in total. The third-order valence-corrected chi connectivity index (χ3v) is 3.75. The highest BCUT2D eigenvalue weighted by Gasteiger charge is 2.11. The SMILES string of the molecule is CCC(CNC(=O)CNC(=O)c1ccccc1)c1ccccc1. The van der Waals surface area contributed by atoms with E-state index < -0.39 is 0 Å². The van der Waals surface area contributed by atoms with Crippen LogP contribution < -0.4 is 10.6 Å². The van der Waals surface area contributed by atoms with Crippen LogP contribution in [0, 0.1) is 0 Å². The Labute approximate surface area is 136 Å². The standard InChI is InChI=1S/C19H22N2O2/c1-2-15(16-9-5-3-6-10-16)13-20-18(22)14-21-19(23)17-11-7-4-8-12-17/h3-12,15H,2,13-14H2,1H3,(H,20,22)(H,21,23). The van der Waals surface area contributed by atoms with E-state index in [1.54, 1.807) is 24.3 Å². The van der Waals surface area contributed by atoms with Crippen molar-refractivity contribution in [1.82, 2.24) is 10.6 Å². The fourth-order valence-corrected chi connectivity index (χ4v) is 2.37. The number of amides is 2. The molecule has 0 saturated carbocycles. The molecule has 0 aliphatic heterocycles. The summed E-state index contributed by atoms with van der Waals surface area (Å²) in [4.78, 5) is 23.8. The molecule has 0 fully saturated rings. The second-order valence-corrected chi connectivity index (χ2v) is 5.37. The molecule has 1 unspecified atom stereocenters. The maximum Gasteiger partial charge on any atom is 0.251 e. The van der Waals surface area contributed by atoms with Crippen LogP contribution in [-0.4, -0.2) is 24.9 Å². The summed E-state index contributed by atoms with van der Waals surface area (Å²) in [5, 5.41) is 5.51. The summed E-state index contributed by atoms with van der Waals surface area (Å²) in [5.74, 6) is -0.135. The molecule has 0 aromatic heterocycles. The van der Waals surface area contributed by atoms with Crippen LogP contribution in [0.5, 0.6) is 0 Å². The van der Waals surface area contributed by atoms with Crippen LogP contribution in [0.4, 0.5) is 0 Å². The fourth-order valence-electron chi connectivity index (χ4n) is 2.37. The molecule has 0 spiro atoms. The number of benzene rings is 2. The lowest BCUT2D eigenvalue weighted by Crippen LogP contribution is -2.38. The Balaban J connectivity index is 1.77. The first-order chi connectivity index (χ1) is 11.2. The Morgan fingerprint density at radius 1 is 0.913 bits per heavy atom. The van der Waals surface area contributed by atoms with Crippen molar-refractivity contribution in [2.45, 2.75) is 19.3 Å². The van der Waals surface area contributed by atoms with E-state index in [9.17, 15) is 9.59 Å². The van der Waals surface area contributed by atoms with E-state index in [-0.39, 0.29) is 24.3 Å². The molecule has 0 aliphatic rings. The van der Waals surface area contributed by atoms with Crippen LogP contribution in [0.3, 0.4) is 0 Å². The number of hydrogen-bond acceptors (Lipinski definition) is 2. The lowest BCUT2D eigenvalue weighted by molar-refractivity contribution is -0.120. The second kappa shape index (κ2) is 8.73. The summed E-state index contributed by atoms with van der Waals surface area (Å²) in [5.41, 5.74) is 1.76. The molecule has 0 saturated heterocycles. The van der Waals surface area contributed by atoms with Crippen molar-refractivity contribution in [3.63, 3.8) is 0 Å². The fraction of sp³-hybridized carbons (Fsp3) is 0.263. The van der Waals surface area contributed by atoms with Crippen molar-refractivity contribution < 1.29 is 9.59 Å². The van der Waals surface area contributed by atoms with Gasteiger partial charge in [0.2, 0.25) is 5.91 Å². The van der Waals surface area contributed by atoms with Crippen molar-refractivity contribution in [3.05, 3.63) is 71.8 Å². The average Bonchev–Trinajstić information content (AvgIpc) is 2.62. The summed E-state index contributed by atoms with van der Waals surface area (Å²) in [6.45, 7) is 2.65. The molecule has 2 aromatic carbocycles. The van der Waals surface area contributed by atoms with Gasteiger partial charge in [-0.25, -0.2) is 0 Å².